The molecule has 0 bridgehead atoms. The van der Waals surface area contributed by atoms with Crippen LogP contribution in [0.3, 0.4) is 0 Å². The molecule has 3 heterocycles. The van der Waals surface area contributed by atoms with Gasteiger partial charge in [-0.1, -0.05) is 25.1 Å². The second kappa shape index (κ2) is 9.15. The molecule has 1 aliphatic carbocycles. The number of nitriles is 1. The normalized spacial score (nSPS) is 15.5. The molecule has 3 aromatic rings. The van der Waals surface area contributed by atoms with Crippen molar-refractivity contribution < 1.29 is 4.79 Å². The topological polar surface area (TPSA) is 83.6 Å². The highest BCUT2D eigenvalue weighted by Gasteiger charge is 2.26. The van der Waals surface area contributed by atoms with Crippen LogP contribution < -0.4 is 5.32 Å². The minimum absolute atomic E-state index is 0.126. The average Bonchev–Trinajstić information content (AvgIpc) is 3.41. The Bertz CT molecular complexity index is 1170. The van der Waals surface area contributed by atoms with Crippen molar-refractivity contribution >= 4 is 45.3 Å². The first-order chi connectivity index (χ1) is 14.9. The Morgan fingerprint density at radius 3 is 2.90 bits per heavy atom. The van der Waals surface area contributed by atoms with Crippen LogP contribution in [0.15, 0.2) is 10.5 Å². The summed E-state index contributed by atoms with van der Waals surface area (Å²) in [6.07, 6.45) is 4.22. The Balaban J connectivity index is 1.44. The van der Waals surface area contributed by atoms with E-state index in [-0.39, 0.29) is 11.7 Å². The van der Waals surface area contributed by atoms with Gasteiger partial charge in [0, 0.05) is 27.7 Å². The van der Waals surface area contributed by atoms with Gasteiger partial charge in [-0.15, -0.1) is 32.9 Å². The van der Waals surface area contributed by atoms with Crippen molar-refractivity contribution in [3.05, 3.63) is 31.8 Å². The second-order valence-corrected chi connectivity index (χ2v) is 11.0. The molecule has 1 unspecified atom stereocenters. The van der Waals surface area contributed by atoms with Crippen LogP contribution in [0.4, 0.5) is 5.00 Å². The molecule has 0 aromatic carbocycles. The summed E-state index contributed by atoms with van der Waals surface area (Å²) in [5.41, 5.74) is 4.09. The lowest BCUT2D eigenvalue weighted by Crippen LogP contribution is -2.14. The maximum absolute atomic E-state index is 12.6. The number of anilines is 1. The molecule has 0 spiro atoms. The molecular formula is C22H25N5OS3. The van der Waals surface area contributed by atoms with Gasteiger partial charge in [0.05, 0.1) is 11.3 Å². The maximum atomic E-state index is 12.6. The van der Waals surface area contributed by atoms with Crippen LogP contribution in [0, 0.1) is 31.1 Å². The molecule has 3 aromatic heterocycles. The molecule has 1 amide bonds. The van der Waals surface area contributed by atoms with Crippen molar-refractivity contribution in [2.45, 2.75) is 51.6 Å². The molecule has 1 N–H and O–H groups in total. The van der Waals surface area contributed by atoms with E-state index in [0.717, 1.165) is 42.6 Å². The molecule has 0 fully saturated rings. The first-order valence-electron chi connectivity index (χ1n) is 10.3. The second-order valence-electron chi connectivity index (χ2n) is 7.87. The van der Waals surface area contributed by atoms with Gasteiger partial charge in [-0.05, 0) is 50.2 Å². The summed E-state index contributed by atoms with van der Waals surface area (Å²) in [6, 6.07) is 2.32. The van der Waals surface area contributed by atoms with Gasteiger partial charge in [-0.25, -0.2) is 0 Å². The zero-order valence-corrected chi connectivity index (χ0v) is 20.6. The number of thioether (sulfide) groups is 1. The number of thiophene rings is 2. The lowest BCUT2D eigenvalue weighted by Gasteiger charge is -2.20. The van der Waals surface area contributed by atoms with Crippen LogP contribution in [0.2, 0.25) is 0 Å². The number of carbonyl (C=O) groups excluding carboxylic acids is 1. The van der Waals surface area contributed by atoms with Gasteiger partial charge in [-0.2, -0.15) is 5.26 Å². The Labute approximate surface area is 194 Å². The third-order valence-electron chi connectivity index (χ3n) is 6.00. The molecule has 162 valence electrons. The smallest absolute Gasteiger partial charge is 0.235 e. The van der Waals surface area contributed by atoms with E-state index >= 15 is 0 Å². The Hall–Kier alpha value is -2.15. The SMILES string of the molecule is CCC1CCc2c(sc(NC(=O)CSc3nnc(-c4csc(C)c4C)n3C)c2C#N)C1. The van der Waals surface area contributed by atoms with E-state index in [2.05, 4.69) is 47.7 Å². The van der Waals surface area contributed by atoms with Gasteiger partial charge in [0.1, 0.15) is 11.1 Å². The van der Waals surface area contributed by atoms with E-state index in [0.29, 0.717) is 21.6 Å². The van der Waals surface area contributed by atoms with Gasteiger partial charge >= 0.3 is 0 Å². The number of rotatable bonds is 6. The third-order valence-corrected chi connectivity index (χ3v) is 9.21. The Kier molecular flexibility index (Phi) is 6.51. The van der Waals surface area contributed by atoms with Crippen molar-refractivity contribution in [1.82, 2.24) is 14.8 Å². The highest BCUT2D eigenvalue weighted by Crippen LogP contribution is 2.40. The highest BCUT2D eigenvalue weighted by molar-refractivity contribution is 7.99. The number of carbonyl (C=O) groups is 1. The number of aryl methyl sites for hydroxylation is 1. The number of aromatic nitrogens is 3. The van der Waals surface area contributed by atoms with Crippen LogP contribution >= 0.6 is 34.4 Å². The summed E-state index contributed by atoms with van der Waals surface area (Å²) in [4.78, 5) is 15.2. The van der Waals surface area contributed by atoms with Gasteiger partial charge in [0.15, 0.2) is 11.0 Å². The van der Waals surface area contributed by atoms with Crippen LogP contribution in [0.25, 0.3) is 11.4 Å². The van der Waals surface area contributed by atoms with Crippen LogP contribution in [0.5, 0.6) is 0 Å². The predicted octanol–water partition coefficient (Wildman–Crippen LogP) is 5.34. The zero-order valence-electron chi connectivity index (χ0n) is 18.1. The fraction of sp³-hybridized carbons (Fsp3) is 0.455. The van der Waals surface area contributed by atoms with Gasteiger partial charge in [0.25, 0.3) is 0 Å². The lowest BCUT2D eigenvalue weighted by atomic mass is 9.86. The van der Waals surface area contributed by atoms with E-state index in [1.54, 1.807) is 22.7 Å². The molecule has 0 radical (unpaired) electrons. The molecular weight excluding hydrogens is 446 g/mol. The number of fused-ring (bicyclic) bond motifs is 1. The summed E-state index contributed by atoms with van der Waals surface area (Å²) in [5, 5.41) is 24.7. The molecule has 1 atom stereocenters. The van der Waals surface area contributed by atoms with Gasteiger partial charge in [0.2, 0.25) is 5.91 Å². The van der Waals surface area contributed by atoms with Crippen molar-refractivity contribution in [3.63, 3.8) is 0 Å². The largest absolute Gasteiger partial charge is 0.316 e. The van der Waals surface area contributed by atoms with E-state index in [1.807, 2.05) is 11.6 Å². The molecule has 1 aliphatic rings. The van der Waals surface area contributed by atoms with Gasteiger partial charge in [-0.3, -0.25) is 4.79 Å². The molecule has 9 heteroatoms. The quantitative estimate of drug-likeness (QED) is 0.491. The van der Waals surface area contributed by atoms with Crippen molar-refractivity contribution in [1.29, 1.82) is 5.26 Å². The predicted molar refractivity (Wildman–Crippen MR) is 128 cm³/mol. The van der Waals surface area contributed by atoms with Crippen molar-refractivity contribution in [2.24, 2.45) is 13.0 Å². The highest BCUT2D eigenvalue weighted by atomic mass is 32.2. The molecule has 0 saturated heterocycles. The first kappa shape index (κ1) is 22.1. The number of nitrogens with zero attached hydrogens (tertiary/aromatic N) is 4. The number of nitrogens with one attached hydrogen (secondary N) is 1. The van der Waals surface area contributed by atoms with Crippen LogP contribution in [-0.2, 0) is 24.7 Å². The monoisotopic (exact) mass is 471 g/mol. The van der Waals surface area contributed by atoms with Gasteiger partial charge < -0.3 is 9.88 Å². The number of hydrogen-bond donors (Lipinski definition) is 1. The molecule has 6 nitrogen and oxygen atoms in total. The maximum Gasteiger partial charge on any atom is 0.235 e. The number of hydrogen-bond acceptors (Lipinski definition) is 7. The minimum Gasteiger partial charge on any atom is -0.316 e. The fourth-order valence-electron chi connectivity index (χ4n) is 3.91. The summed E-state index contributed by atoms with van der Waals surface area (Å²) >= 11 is 4.63. The van der Waals surface area contributed by atoms with Crippen molar-refractivity contribution in [2.75, 3.05) is 11.1 Å². The molecule has 0 aliphatic heterocycles. The third kappa shape index (κ3) is 4.29. The lowest BCUT2D eigenvalue weighted by molar-refractivity contribution is -0.113. The Morgan fingerprint density at radius 2 is 2.23 bits per heavy atom. The summed E-state index contributed by atoms with van der Waals surface area (Å²) in [6.45, 7) is 6.40. The van der Waals surface area contributed by atoms with Crippen LogP contribution in [-0.4, -0.2) is 26.4 Å². The molecule has 4 rings (SSSR count). The van der Waals surface area contributed by atoms with E-state index < -0.39 is 0 Å². The summed E-state index contributed by atoms with van der Waals surface area (Å²) in [7, 11) is 1.92. The Morgan fingerprint density at radius 1 is 1.42 bits per heavy atom. The first-order valence-corrected chi connectivity index (χ1v) is 13.0. The number of amides is 1. The summed E-state index contributed by atoms with van der Waals surface area (Å²) < 4.78 is 1.93. The summed E-state index contributed by atoms with van der Waals surface area (Å²) in [5.74, 6) is 1.59. The average molecular weight is 472 g/mol. The van der Waals surface area contributed by atoms with Crippen LogP contribution in [0.1, 0.15) is 46.2 Å². The zero-order chi connectivity index (χ0) is 22.1. The molecule has 0 saturated carbocycles. The molecule has 31 heavy (non-hydrogen) atoms. The van der Waals surface area contributed by atoms with E-state index in [4.69, 9.17) is 0 Å². The standard InChI is InChI=1S/C22H25N5OS3/c1-5-14-6-7-15-16(9-23)21(31-18(15)8-14)24-19(28)11-30-22-26-25-20(27(22)4)17-10-29-13(3)12(17)2/h10,14H,5-8,11H2,1-4H3,(H,24,28). The van der Waals surface area contributed by atoms with E-state index in [9.17, 15) is 10.1 Å². The van der Waals surface area contributed by atoms with Crippen molar-refractivity contribution in [3.8, 4) is 17.5 Å². The minimum atomic E-state index is -0.126. The fourth-order valence-corrected chi connectivity index (χ4v) is 6.81. The van der Waals surface area contributed by atoms with E-state index in [1.165, 1.54) is 27.1 Å².